The van der Waals surface area contributed by atoms with E-state index >= 15 is 0 Å². The van der Waals surface area contributed by atoms with Crippen molar-refractivity contribution in [3.05, 3.63) is 46.7 Å². The topological polar surface area (TPSA) is 36.4 Å². The molecular weight excluding hydrogens is 174 g/mol. The predicted octanol–water partition coefficient (Wildman–Crippen LogP) is 0.515. The van der Waals surface area contributed by atoms with Crippen molar-refractivity contribution in [1.82, 2.24) is 5.43 Å². The van der Waals surface area contributed by atoms with E-state index in [1.807, 2.05) is 30.6 Å². The molecule has 3 rings (SSSR count). The zero-order chi connectivity index (χ0) is 9.38. The molecule has 0 saturated carbocycles. The van der Waals surface area contributed by atoms with E-state index in [0.29, 0.717) is 0 Å². The molecule has 0 aromatic heterocycles. The molecule has 0 spiro atoms. The molecule has 0 saturated heterocycles. The van der Waals surface area contributed by atoms with Gasteiger partial charge in [0.25, 0.3) is 0 Å². The van der Waals surface area contributed by atoms with E-state index in [9.17, 15) is 0 Å². The van der Waals surface area contributed by atoms with Gasteiger partial charge < -0.3 is 10.9 Å². The van der Waals surface area contributed by atoms with Gasteiger partial charge in [-0.2, -0.15) is 0 Å². The van der Waals surface area contributed by atoms with Crippen LogP contribution in [0.25, 0.3) is 12.2 Å². The van der Waals surface area contributed by atoms with Crippen molar-refractivity contribution in [3.63, 3.8) is 0 Å². The second-order valence-corrected chi connectivity index (χ2v) is 3.20. The lowest BCUT2D eigenvalue weighted by molar-refractivity contribution is 1.06. The molecule has 3 heteroatoms. The summed E-state index contributed by atoms with van der Waals surface area (Å²) in [4.78, 5) is 4.26. The van der Waals surface area contributed by atoms with Crippen molar-refractivity contribution in [3.8, 4) is 0 Å². The quantitative estimate of drug-likeness (QED) is 0.615. The van der Waals surface area contributed by atoms with Gasteiger partial charge >= 0.3 is 0 Å². The molecular formula is C11H9N3. The van der Waals surface area contributed by atoms with E-state index in [4.69, 9.17) is 0 Å². The fourth-order valence-corrected chi connectivity index (χ4v) is 1.69. The summed E-state index contributed by atoms with van der Waals surface area (Å²) in [6.07, 6.45) is 9.74. The third-order valence-corrected chi connectivity index (χ3v) is 2.36. The summed E-state index contributed by atoms with van der Waals surface area (Å²) < 4.78 is 0. The molecule has 2 aliphatic rings. The molecule has 68 valence electrons. The molecule has 2 aliphatic heterocycles. The number of hydrogen-bond donors (Lipinski definition) is 2. The van der Waals surface area contributed by atoms with Crippen LogP contribution in [0, 0.1) is 0 Å². The lowest BCUT2D eigenvalue weighted by Gasteiger charge is -2.07. The van der Waals surface area contributed by atoms with Crippen molar-refractivity contribution in [2.45, 2.75) is 0 Å². The summed E-state index contributed by atoms with van der Waals surface area (Å²) in [7, 11) is 0. The fourth-order valence-electron chi connectivity index (χ4n) is 1.69. The van der Waals surface area contributed by atoms with Crippen molar-refractivity contribution < 1.29 is 0 Å². The Morgan fingerprint density at radius 3 is 3.21 bits per heavy atom. The van der Waals surface area contributed by atoms with Crippen LogP contribution in [-0.2, 0) is 0 Å². The Morgan fingerprint density at radius 1 is 1.21 bits per heavy atom. The van der Waals surface area contributed by atoms with Gasteiger partial charge in [-0.3, -0.25) is 4.99 Å². The molecule has 0 amide bonds. The summed E-state index contributed by atoms with van der Waals surface area (Å²) in [6.45, 7) is 0. The van der Waals surface area contributed by atoms with Crippen molar-refractivity contribution >= 4 is 17.8 Å². The minimum Gasteiger partial charge on any atom is -0.308 e. The van der Waals surface area contributed by atoms with Crippen molar-refractivity contribution in [2.75, 3.05) is 5.43 Å². The van der Waals surface area contributed by atoms with Crippen LogP contribution in [0.1, 0.15) is 5.56 Å². The SMILES string of the molecule is C1=CNNc2c3c(ccc2=C1)=NC=C3. The molecule has 0 unspecified atom stereocenters. The van der Waals surface area contributed by atoms with E-state index in [1.54, 1.807) is 0 Å². The van der Waals surface area contributed by atoms with Crippen LogP contribution in [0.4, 0.5) is 5.69 Å². The summed E-state index contributed by atoms with van der Waals surface area (Å²) in [6, 6.07) is 4.10. The second kappa shape index (κ2) is 2.73. The maximum atomic E-state index is 4.26. The Morgan fingerprint density at radius 2 is 2.21 bits per heavy atom. The Hall–Kier alpha value is -2.03. The number of benzene rings is 1. The van der Waals surface area contributed by atoms with Crippen LogP contribution < -0.4 is 21.4 Å². The van der Waals surface area contributed by atoms with Gasteiger partial charge in [-0.25, -0.2) is 0 Å². The Labute approximate surface area is 81.1 Å². The van der Waals surface area contributed by atoms with Gasteiger partial charge in [-0.05, 0) is 18.2 Å². The molecule has 0 aliphatic carbocycles. The molecule has 0 radical (unpaired) electrons. The summed E-state index contributed by atoms with van der Waals surface area (Å²) in [5.74, 6) is 0. The number of anilines is 1. The average Bonchev–Trinajstić information content (AvgIpc) is 2.55. The van der Waals surface area contributed by atoms with Crippen LogP contribution in [0.2, 0.25) is 0 Å². The first-order valence-corrected chi connectivity index (χ1v) is 4.51. The Kier molecular flexibility index (Phi) is 1.44. The summed E-state index contributed by atoms with van der Waals surface area (Å²) >= 11 is 0. The number of hydrogen-bond acceptors (Lipinski definition) is 3. The number of fused-ring (bicyclic) bond motifs is 3. The standard InChI is InChI=1S/C11H9N3/c1-2-8-3-4-10-9(5-7-12-10)11(8)14-13-6-1/h1-7,13-14H. The lowest BCUT2D eigenvalue weighted by Crippen LogP contribution is -2.23. The van der Waals surface area contributed by atoms with Gasteiger partial charge in [-0.15, -0.1) is 0 Å². The number of rotatable bonds is 0. The number of nitrogens with zero attached hydrogens (tertiary/aromatic N) is 1. The highest BCUT2D eigenvalue weighted by molar-refractivity contribution is 5.70. The van der Waals surface area contributed by atoms with E-state index in [2.05, 4.69) is 28.0 Å². The van der Waals surface area contributed by atoms with Gasteiger partial charge in [0, 0.05) is 23.2 Å². The van der Waals surface area contributed by atoms with Gasteiger partial charge in [0.1, 0.15) is 0 Å². The van der Waals surface area contributed by atoms with Gasteiger partial charge in [0.2, 0.25) is 0 Å². The molecule has 0 fully saturated rings. The summed E-state index contributed by atoms with van der Waals surface area (Å²) in [5, 5.41) is 2.19. The normalized spacial score (nSPS) is 15.4. The number of allylic oxidation sites excluding steroid dienone is 1. The van der Waals surface area contributed by atoms with Gasteiger partial charge in [-0.1, -0.05) is 12.1 Å². The van der Waals surface area contributed by atoms with E-state index in [1.165, 1.54) is 5.22 Å². The molecule has 1 aromatic rings. The zero-order valence-electron chi connectivity index (χ0n) is 7.49. The molecule has 14 heavy (non-hydrogen) atoms. The predicted molar refractivity (Wildman–Crippen MR) is 56.6 cm³/mol. The minimum absolute atomic E-state index is 1.02. The highest BCUT2D eigenvalue weighted by Gasteiger charge is 2.06. The summed E-state index contributed by atoms with van der Waals surface area (Å²) in [5.41, 5.74) is 8.38. The van der Waals surface area contributed by atoms with E-state index in [-0.39, 0.29) is 0 Å². The highest BCUT2D eigenvalue weighted by atomic mass is 15.3. The minimum atomic E-state index is 1.02. The maximum Gasteiger partial charge on any atom is 0.0724 e. The van der Waals surface area contributed by atoms with Crippen LogP contribution in [-0.4, -0.2) is 0 Å². The second-order valence-electron chi connectivity index (χ2n) is 3.20. The first-order valence-electron chi connectivity index (χ1n) is 4.51. The maximum absolute atomic E-state index is 4.26. The van der Waals surface area contributed by atoms with E-state index in [0.717, 1.165) is 16.6 Å². The van der Waals surface area contributed by atoms with Crippen LogP contribution in [0.3, 0.4) is 0 Å². The average molecular weight is 183 g/mol. The first kappa shape index (κ1) is 7.38. The van der Waals surface area contributed by atoms with Crippen LogP contribution >= 0.6 is 0 Å². The smallest absolute Gasteiger partial charge is 0.0724 e. The third-order valence-electron chi connectivity index (χ3n) is 2.36. The first-order chi connectivity index (χ1) is 6.95. The molecule has 2 N–H and O–H groups in total. The van der Waals surface area contributed by atoms with Gasteiger partial charge in [0.15, 0.2) is 0 Å². The number of hydrazine groups is 1. The molecule has 1 aromatic carbocycles. The van der Waals surface area contributed by atoms with Crippen molar-refractivity contribution in [1.29, 1.82) is 0 Å². The monoisotopic (exact) mass is 183 g/mol. The molecule has 0 bridgehead atoms. The zero-order valence-corrected chi connectivity index (χ0v) is 7.49. The molecule has 0 atom stereocenters. The van der Waals surface area contributed by atoms with Crippen LogP contribution in [0.15, 0.2) is 35.6 Å². The van der Waals surface area contributed by atoms with E-state index < -0.39 is 0 Å². The fraction of sp³-hybridized carbons (Fsp3) is 0. The Balaban J connectivity index is 2.39. The molecule has 3 nitrogen and oxygen atoms in total. The molecule has 2 heterocycles. The highest BCUT2D eigenvalue weighted by Crippen LogP contribution is 2.11. The Bertz CT molecular complexity index is 553. The third kappa shape index (κ3) is 0.956. The van der Waals surface area contributed by atoms with Crippen LogP contribution in [0.5, 0.6) is 0 Å². The number of nitrogens with one attached hydrogen (secondary N) is 2. The van der Waals surface area contributed by atoms with Crippen molar-refractivity contribution in [2.24, 2.45) is 4.99 Å². The largest absolute Gasteiger partial charge is 0.308 e. The van der Waals surface area contributed by atoms with Gasteiger partial charge in [0.05, 0.1) is 11.0 Å². The lowest BCUT2D eigenvalue weighted by atomic mass is 10.1.